The van der Waals surface area contributed by atoms with Crippen LogP contribution in [-0.2, 0) is 6.54 Å². The highest BCUT2D eigenvalue weighted by Gasteiger charge is 2.29. The number of unbranched alkanes of at least 4 members (excludes halogenated alkanes) is 3. The smallest absolute Gasteiger partial charge is 0.356 e. The summed E-state index contributed by atoms with van der Waals surface area (Å²) >= 11 is 0. The number of carbonyl (C=O) groups excluding carboxylic acids is 1. The van der Waals surface area contributed by atoms with Crippen LogP contribution in [0.15, 0.2) is 30.6 Å². The Morgan fingerprint density at radius 1 is 1.25 bits per heavy atom. The Morgan fingerprint density at radius 2 is 2.04 bits per heavy atom. The first kappa shape index (κ1) is 16.2. The summed E-state index contributed by atoms with van der Waals surface area (Å²) in [5, 5.41) is 9.39. The highest BCUT2D eigenvalue weighted by Crippen LogP contribution is 2.26. The first-order valence-corrected chi connectivity index (χ1v) is 8.31. The Balaban J connectivity index is 1.99. The van der Waals surface area contributed by atoms with Gasteiger partial charge in [0, 0.05) is 6.54 Å². The predicted octanol–water partition coefficient (Wildman–Crippen LogP) is 3.11. The maximum Gasteiger partial charge on any atom is 0.356 e. The molecule has 6 nitrogen and oxygen atoms in total. The van der Waals surface area contributed by atoms with Gasteiger partial charge in [-0.15, -0.1) is 0 Å². The van der Waals surface area contributed by atoms with Crippen molar-refractivity contribution in [2.45, 2.75) is 39.2 Å². The Bertz CT molecular complexity index is 767. The molecular weight excluding hydrogens is 306 g/mol. The van der Waals surface area contributed by atoms with Gasteiger partial charge in [-0.2, -0.15) is 0 Å². The molecule has 0 radical (unpaired) electrons. The van der Waals surface area contributed by atoms with Crippen LogP contribution < -0.4 is 0 Å². The first-order valence-electron chi connectivity index (χ1n) is 8.31. The zero-order valence-corrected chi connectivity index (χ0v) is 13.7. The lowest BCUT2D eigenvalue weighted by molar-refractivity contribution is 0.0677. The van der Waals surface area contributed by atoms with E-state index in [2.05, 4.69) is 11.9 Å². The molecule has 1 aliphatic rings. The van der Waals surface area contributed by atoms with Crippen LogP contribution in [0.4, 0.5) is 0 Å². The molecule has 1 aromatic heterocycles. The lowest BCUT2D eigenvalue weighted by Gasteiger charge is -2.20. The molecule has 1 N–H and O–H groups in total. The van der Waals surface area contributed by atoms with Crippen LogP contribution in [-0.4, -0.2) is 38.0 Å². The van der Waals surface area contributed by atoms with Crippen molar-refractivity contribution in [2.75, 3.05) is 6.54 Å². The van der Waals surface area contributed by atoms with E-state index in [4.69, 9.17) is 0 Å². The monoisotopic (exact) mass is 327 g/mol. The molecule has 0 bridgehead atoms. The molecule has 3 rings (SSSR count). The number of benzene rings is 1. The van der Waals surface area contributed by atoms with E-state index in [9.17, 15) is 14.7 Å². The number of hydrogen-bond donors (Lipinski definition) is 1. The fourth-order valence-electron chi connectivity index (χ4n) is 3.11. The van der Waals surface area contributed by atoms with E-state index < -0.39 is 5.97 Å². The van der Waals surface area contributed by atoms with Gasteiger partial charge in [0.2, 0.25) is 0 Å². The predicted molar refractivity (Wildman–Crippen MR) is 89.4 cm³/mol. The zero-order valence-electron chi connectivity index (χ0n) is 13.7. The number of imidazole rings is 1. The van der Waals surface area contributed by atoms with E-state index in [1.165, 1.54) is 6.33 Å². The number of hydrogen-bond acceptors (Lipinski definition) is 3. The Morgan fingerprint density at radius 3 is 2.79 bits per heavy atom. The van der Waals surface area contributed by atoms with E-state index in [1.54, 1.807) is 15.5 Å². The fourth-order valence-corrected chi connectivity index (χ4v) is 3.11. The summed E-state index contributed by atoms with van der Waals surface area (Å²) in [5.41, 5.74) is 1.84. The van der Waals surface area contributed by atoms with Gasteiger partial charge in [-0.25, -0.2) is 9.78 Å². The number of aromatic nitrogens is 2. The second kappa shape index (κ2) is 6.86. The van der Waals surface area contributed by atoms with Crippen LogP contribution in [0, 0.1) is 0 Å². The third-order valence-corrected chi connectivity index (χ3v) is 4.37. The minimum atomic E-state index is -1.07. The normalized spacial score (nSPS) is 13.4. The number of rotatable bonds is 6. The van der Waals surface area contributed by atoms with Crippen molar-refractivity contribution >= 4 is 11.9 Å². The second-order valence-corrected chi connectivity index (χ2v) is 6.02. The molecule has 0 saturated heterocycles. The van der Waals surface area contributed by atoms with Crippen molar-refractivity contribution < 1.29 is 14.7 Å². The summed E-state index contributed by atoms with van der Waals surface area (Å²) < 4.78 is 1.72. The lowest BCUT2D eigenvalue weighted by Crippen LogP contribution is -2.31. The van der Waals surface area contributed by atoms with Crippen LogP contribution in [0.1, 0.15) is 59.1 Å². The van der Waals surface area contributed by atoms with Crippen molar-refractivity contribution in [1.82, 2.24) is 14.5 Å². The lowest BCUT2D eigenvalue weighted by atomic mass is 10.1. The molecule has 0 saturated carbocycles. The van der Waals surface area contributed by atoms with Gasteiger partial charge >= 0.3 is 5.97 Å². The number of nitrogens with zero attached hydrogens (tertiary/aromatic N) is 3. The first-order chi connectivity index (χ1) is 11.6. The molecule has 1 amide bonds. The summed E-state index contributed by atoms with van der Waals surface area (Å²) in [7, 11) is 0. The average Bonchev–Trinajstić information content (AvgIpc) is 2.96. The number of para-hydroxylation sites is 1. The van der Waals surface area contributed by atoms with Gasteiger partial charge in [0.05, 0.1) is 23.5 Å². The Kier molecular flexibility index (Phi) is 4.64. The van der Waals surface area contributed by atoms with Gasteiger partial charge in [0.1, 0.15) is 6.33 Å². The minimum absolute atomic E-state index is 0.0121. The molecule has 0 spiro atoms. The SMILES string of the molecule is CCCCCCN1Cc2c(C(=O)O)ncn2-c2ccccc2C1=O. The number of aromatic carboxylic acids is 1. The molecule has 0 unspecified atom stereocenters. The van der Waals surface area contributed by atoms with Crippen molar-refractivity contribution in [2.24, 2.45) is 0 Å². The summed E-state index contributed by atoms with van der Waals surface area (Å²) in [6.45, 7) is 3.03. The molecule has 126 valence electrons. The molecule has 6 heteroatoms. The van der Waals surface area contributed by atoms with E-state index in [-0.39, 0.29) is 18.1 Å². The van der Waals surface area contributed by atoms with Crippen molar-refractivity contribution in [1.29, 1.82) is 0 Å². The van der Waals surface area contributed by atoms with E-state index in [0.29, 0.717) is 23.5 Å². The van der Waals surface area contributed by atoms with Crippen LogP contribution in [0.25, 0.3) is 5.69 Å². The quantitative estimate of drug-likeness (QED) is 0.827. The van der Waals surface area contributed by atoms with Crippen molar-refractivity contribution in [3.05, 3.63) is 47.5 Å². The number of carbonyl (C=O) groups is 2. The van der Waals surface area contributed by atoms with Crippen LogP contribution in [0.3, 0.4) is 0 Å². The zero-order chi connectivity index (χ0) is 17.1. The highest BCUT2D eigenvalue weighted by molar-refractivity contribution is 5.99. The van der Waals surface area contributed by atoms with Crippen molar-refractivity contribution in [3.8, 4) is 5.69 Å². The summed E-state index contributed by atoms with van der Waals surface area (Å²) in [4.78, 5) is 30.1. The number of carboxylic acid groups (broad SMARTS) is 1. The highest BCUT2D eigenvalue weighted by atomic mass is 16.4. The van der Waals surface area contributed by atoms with Crippen LogP contribution in [0.2, 0.25) is 0 Å². The largest absolute Gasteiger partial charge is 0.476 e. The molecule has 1 aliphatic heterocycles. The maximum absolute atomic E-state index is 12.9. The molecule has 0 atom stereocenters. The molecule has 1 aromatic carbocycles. The third-order valence-electron chi connectivity index (χ3n) is 4.37. The molecule has 2 aromatic rings. The average molecular weight is 327 g/mol. The van der Waals surface area contributed by atoms with Crippen LogP contribution in [0.5, 0.6) is 0 Å². The number of carboxylic acids is 1. The van der Waals surface area contributed by atoms with Gasteiger partial charge in [-0.05, 0) is 18.6 Å². The van der Waals surface area contributed by atoms with E-state index >= 15 is 0 Å². The molecule has 0 aliphatic carbocycles. The molecule has 0 fully saturated rings. The van der Waals surface area contributed by atoms with Gasteiger partial charge in [0.25, 0.3) is 5.91 Å². The van der Waals surface area contributed by atoms with E-state index in [0.717, 1.165) is 25.7 Å². The standard InChI is InChI=1S/C18H21N3O3/c1-2-3-4-7-10-20-11-15-16(18(23)24)19-12-21(15)14-9-6-5-8-13(14)17(20)22/h5-6,8-9,12H,2-4,7,10-11H2,1H3,(H,23,24). The van der Waals surface area contributed by atoms with Gasteiger partial charge in [-0.3, -0.25) is 9.36 Å². The maximum atomic E-state index is 12.9. The van der Waals surface area contributed by atoms with Gasteiger partial charge < -0.3 is 10.0 Å². The van der Waals surface area contributed by atoms with E-state index in [1.807, 2.05) is 18.2 Å². The topological polar surface area (TPSA) is 75.4 Å². The Labute approximate surface area is 140 Å². The summed E-state index contributed by atoms with van der Waals surface area (Å²) in [6.07, 6.45) is 5.74. The number of fused-ring (bicyclic) bond motifs is 3. The fraction of sp³-hybridized carbons (Fsp3) is 0.389. The summed E-state index contributed by atoms with van der Waals surface area (Å²) in [6, 6.07) is 7.27. The second-order valence-electron chi connectivity index (χ2n) is 6.02. The third kappa shape index (κ3) is 2.91. The molecule has 24 heavy (non-hydrogen) atoms. The Hall–Kier alpha value is -2.63. The minimum Gasteiger partial charge on any atom is -0.476 e. The number of amides is 1. The van der Waals surface area contributed by atoms with Crippen LogP contribution >= 0.6 is 0 Å². The molecule has 2 heterocycles. The van der Waals surface area contributed by atoms with Gasteiger partial charge in [0.15, 0.2) is 5.69 Å². The van der Waals surface area contributed by atoms with Gasteiger partial charge in [-0.1, -0.05) is 38.3 Å². The van der Waals surface area contributed by atoms with Crippen molar-refractivity contribution in [3.63, 3.8) is 0 Å². The molecular formula is C18H21N3O3. The summed E-state index contributed by atoms with van der Waals surface area (Å²) in [5.74, 6) is -1.12.